The highest BCUT2D eigenvalue weighted by Gasteiger charge is 2.16. The van der Waals surface area contributed by atoms with Gasteiger partial charge in [0.15, 0.2) is 5.78 Å². The van der Waals surface area contributed by atoms with Gasteiger partial charge >= 0.3 is 0 Å². The number of carbonyl (C=O) groups excluding carboxylic acids is 1. The summed E-state index contributed by atoms with van der Waals surface area (Å²) in [5.41, 5.74) is 2.61. The lowest BCUT2D eigenvalue weighted by molar-refractivity contribution is 0.103. The van der Waals surface area contributed by atoms with Crippen LogP contribution in [0.25, 0.3) is 0 Å². The van der Waals surface area contributed by atoms with Crippen LogP contribution in [-0.2, 0) is 6.54 Å². The molecule has 2 aromatic rings. The van der Waals surface area contributed by atoms with Crippen molar-refractivity contribution >= 4 is 17.4 Å². The third-order valence-electron chi connectivity index (χ3n) is 4.21. The topological polar surface area (TPSA) is 20.3 Å². The number of halogens is 1. The van der Waals surface area contributed by atoms with Crippen LogP contribution in [0.4, 0.5) is 0 Å². The highest BCUT2D eigenvalue weighted by molar-refractivity contribution is 6.30. The molecule has 0 N–H and O–H groups in total. The molecular weight excluding hydrogens is 294 g/mol. The van der Waals surface area contributed by atoms with Crippen LogP contribution in [0.3, 0.4) is 0 Å². The molecule has 0 atom stereocenters. The standard InChI is InChI=1S/C19H20ClNO/c20-17-10-8-15(9-11-17)19(22)18-7-3-2-6-16(18)14-21-12-4-1-5-13-21/h2-3,6-11H,1,4-5,12-14H2. The summed E-state index contributed by atoms with van der Waals surface area (Å²) < 4.78 is 0. The number of ketones is 1. The Kier molecular flexibility index (Phi) is 4.91. The van der Waals surface area contributed by atoms with Gasteiger partial charge in [-0.05, 0) is 55.8 Å². The highest BCUT2D eigenvalue weighted by Crippen LogP contribution is 2.20. The molecule has 114 valence electrons. The van der Waals surface area contributed by atoms with E-state index < -0.39 is 0 Å². The molecule has 0 bridgehead atoms. The Balaban J connectivity index is 1.83. The van der Waals surface area contributed by atoms with E-state index >= 15 is 0 Å². The molecule has 2 aromatic carbocycles. The van der Waals surface area contributed by atoms with Crippen LogP contribution in [0.2, 0.25) is 5.02 Å². The van der Waals surface area contributed by atoms with Crippen molar-refractivity contribution in [2.24, 2.45) is 0 Å². The number of nitrogens with zero attached hydrogens (tertiary/aromatic N) is 1. The van der Waals surface area contributed by atoms with Gasteiger partial charge < -0.3 is 0 Å². The lowest BCUT2D eigenvalue weighted by atomic mass is 9.97. The monoisotopic (exact) mass is 313 g/mol. The molecule has 1 aliphatic heterocycles. The quantitative estimate of drug-likeness (QED) is 0.771. The van der Waals surface area contributed by atoms with Gasteiger partial charge in [-0.1, -0.05) is 42.3 Å². The summed E-state index contributed by atoms with van der Waals surface area (Å²) in [6, 6.07) is 15.1. The van der Waals surface area contributed by atoms with Gasteiger partial charge in [-0.25, -0.2) is 0 Å². The van der Waals surface area contributed by atoms with Crippen LogP contribution in [0, 0.1) is 0 Å². The maximum absolute atomic E-state index is 12.8. The summed E-state index contributed by atoms with van der Waals surface area (Å²) in [5, 5.41) is 0.651. The van der Waals surface area contributed by atoms with Crippen molar-refractivity contribution in [3.63, 3.8) is 0 Å². The van der Waals surface area contributed by atoms with Gasteiger partial charge in [-0.2, -0.15) is 0 Å². The number of hydrogen-bond acceptors (Lipinski definition) is 2. The Bertz CT molecular complexity index is 645. The fourth-order valence-corrected chi connectivity index (χ4v) is 3.12. The van der Waals surface area contributed by atoms with E-state index in [1.54, 1.807) is 24.3 Å². The van der Waals surface area contributed by atoms with E-state index in [-0.39, 0.29) is 5.78 Å². The summed E-state index contributed by atoms with van der Waals surface area (Å²) in [7, 11) is 0. The van der Waals surface area contributed by atoms with Crippen LogP contribution in [0.5, 0.6) is 0 Å². The van der Waals surface area contributed by atoms with E-state index in [0.717, 1.165) is 30.8 Å². The molecule has 0 aromatic heterocycles. The predicted molar refractivity (Wildman–Crippen MR) is 90.5 cm³/mol. The Labute approximate surface area is 136 Å². The lowest BCUT2D eigenvalue weighted by Gasteiger charge is -2.27. The smallest absolute Gasteiger partial charge is 0.193 e. The van der Waals surface area contributed by atoms with Crippen molar-refractivity contribution in [3.8, 4) is 0 Å². The largest absolute Gasteiger partial charge is 0.299 e. The van der Waals surface area contributed by atoms with E-state index in [1.807, 2.05) is 18.2 Å². The van der Waals surface area contributed by atoms with Gasteiger partial charge in [0.05, 0.1) is 0 Å². The predicted octanol–water partition coefficient (Wildman–Crippen LogP) is 4.56. The minimum absolute atomic E-state index is 0.0734. The molecule has 1 saturated heterocycles. The molecular formula is C19H20ClNO. The number of piperidine rings is 1. The van der Waals surface area contributed by atoms with Crippen molar-refractivity contribution in [1.82, 2.24) is 4.90 Å². The summed E-state index contributed by atoms with van der Waals surface area (Å²) in [6.07, 6.45) is 3.84. The van der Waals surface area contributed by atoms with Gasteiger partial charge in [0.2, 0.25) is 0 Å². The van der Waals surface area contributed by atoms with Crippen LogP contribution in [-0.4, -0.2) is 23.8 Å². The van der Waals surface area contributed by atoms with Crippen molar-refractivity contribution in [1.29, 1.82) is 0 Å². The van der Waals surface area contributed by atoms with E-state index in [2.05, 4.69) is 11.0 Å². The first-order chi connectivity index (χ1) is 10.7. The second kappa shape index (κ2) is 7.08. The molecule has 0 spiro atoms. The molecule has 3 rings (SSSR count). The molecule has 0 radical (unpaired) electrons. The van der Waals surface area contributed by atoms with Gasteiger partial charge in [0, 0.05) is 22.7 Å². The average Bonchev–Trinajstić information content (AvgIpc) is 2.56. The number of rotatable bonds is 4. The Hall–Kier alpha value is -1.64. The Morgan fingerprint density at radius 2 is 1.64 bits per heavy atom. The molecule has 0 saturated carbocycles. The van der Waals surface area contributed by atoms with Crippen LogP contribution >= 0.6 is 11.6 Å². The fourth-order valence-electron chi connectivity index (χ4n) is 2.99. The molecule has 0 aliphatic carbocycles. The fraction of sp³-hybridized carbons (Fsp3) is 0.316. The van der Waals surface area contributed by atoms with Crippen LogP contribution in [0.15, 0.2) is 48.5 Å². The third kappa shape index (κ3) is 3.57. The van der Waals surface area contributed by atoms with E-state index in [4.69, 9.17) is 11.6 Å². The molecule has 1 heterocycles. The summed E-state index contributed by atoms with van der Waals surface area (Å²) >= 11 is 5.90. The Morgan fingerprint density at radius 3 is 2.36 bits per heavy atom. The van der Waals surface area contributed by atoms with Crippen molar-refractivity contribution < 1.29 is 4.79 Å². The summed E-state index contributed by atoms with van der Waals surface area (Å²) in [4.78, 5) is 15.2. The second-order valence-corrected chi connectivity index (χ2v) is 6.27. The van der Waals surface area contributed by atoms with E-state index in [9.17, 15) is 4.79 Å². The molecule has 0 unspecified atom stereocenters. The van der Waals surface area contributed by atoms with Gasteiger partial charge in [0.1, 0.15) is 0 Å². The van der Waals surface area contributed by atoms with Crippen molar-refractivity contribution in [3.05, 3.63) is 70.2 Å². The van der Waals surface area contributed by atoms with Gasteiger partial charge in [0.25, 0.3) is 0 Å². The second-order valence-electron chi connectivity index (χ2n) is 5.83. The minimum Gasteiger partial charge on any atom is -0.299 e. The number of likely N-dealkylation sites (tertiary alicyclic amines) is 1. The zero-order chi connectivity index (χ0) is 15.4. The number of benzene rings is 2. The van der Waals surface area contributed by atoms with Crippen LogP contribution in [0.1, 0.15) is 40.7 Å². The minimum atomic E-state index is 0.0734. The summed E-state index contributed by atoms with van der Waals surface area (Å²) in [6.45, 7) is 3.11. The third-order valence-corrected chi connectivity index (χ3v) is 4.46. The normalized spacial score (nSPS) is 15.7. The first kappa shape index (κ1) is 15.3. The zero-order valence-electron chi connectivity index (χ0n) is 12.6. The molecule has 1 aliphatic rings. The SMILES string of the molecule is O=C(c1ccc(Cl)cc1)c1ccccc1CN1CCCCC1. The molecule has 3 heteroatoms. The van der Waals surface area contributed by atoms with E-state index in [0.29, 0.717) is 10.6 Å². The van der Waals surface area contributed by atoms with Crippen molar-refractivity contribution in [2.45, 2.75) is 25.8 Å². The first-order valence-electron chi connectivity index (χ1n) is 7.84. The first-order valence-corrected chi connectivity index (χ1v) is 8.22. The van der Waals surface area contributed by atoms with Crippen molar-refractivity contribution in [2.75, 3.05) is 13.1 Å². The maximum Gasteiger partial charge on any atom is 0.193 e. The van der Waals surface area contributed by atoms with Gasteiger partial charge in [-0.15, -0.1) is 0 Å². The molecule has 2 nitrogen and oxygen atoms in total. The molecule has 22 heavy (non-hydrogen) atoms. The Morgan fingerprint density at radius 1 is 0.955 bits per heavy atom. The summed E-state index contributed by atoms with van der Waals surface area (Å²) in [5.74, 6) is 0.0734. The number of carbonyl (C=O) groups is 1. The maximum atomic E-state index is 12.8. The van der Waals surface area contributed by atoms with Gasteiger partial charge in [-0.3, -0.25) is 9.69 Å². The zero-order valence-corrected chi connectivity index (χ0v) is 13.4. The average molecular weight is 314 g/mol. The molecule has 0 amide bonds. The van der Waals surface area contributed by atoms with E-state index in [1.165, 1.54) is 19.3 Å². The lowest BCUT2D eigenvalue weighted by Crippen LogP contribution is -2.29. The highest BCUT2D eigenvalue weighted by atomic mass is 35.5. The molecule has 1 fully saturated rings. The van der Waals surface area contributed by atoms with Crippen LogP contribution < -0.4 is 0 Å². The number of hydrogen-bond donors (Lipinski definition) is 0.